The standard InChI is InChI=1S/C49H52N6O7/c1-32-12-15-35(48(60)51-36-16-13-33(14-17-36)22-26-50-31-44(57)39-18-20-43(56)47-40(39)19-21-45(58)53-47)30-42(32)54(2)46(59)25-29-55-27-23-37(24-28-55)62-49(61)52-41-11-7-6-10-38(41)34-8-4-3-5-9-34/h3-21,30,37,40,44,50,56-57H,22-29,31H2,1-2H3,(H,51,60)(H,52,61)/t40?,44-/m0/s1. The summed E-state index contributed by atoms with van der Waals surface area (Å²) in [6, 6.07) is 30.4. The van der Waals surface area contributed by atoms with Gasteiger partial charge in [0.15, 0.2) is 0 Å². The van der Waals surface area contributed by atoms with E-state index < -0.39 is 24.0 Å². The third-order valence-electron chi connectivity index (χ3n) is 11.4. The van der Waals surface area contributed by atoms with Gasteiger partial charge in [-0.05, 0) is 91.4 Å². The summed E-state index contributed by atoms with van der Waals surface area (Å²) in [6.45, 7) is 4.77. The van der Waals surface area contributed by atoms with Crippen LogP contribution in [-0.2, 0) is 20.7 Å². The molecule has 4 aromatic carbocycles. The van der Waals surface area contributed by atoms with Gasteiger partial charge in [0, 0.05) is 74.1 Å². The summed E-state index contributed by atoms with van der Waals surface area (Å²) in [5.41, 5.74) is 7.16. The third-order valence-corrected chi connectivity index (χ3v) is 11.4. The molecule has 62 heavy (non-hydrogen) atoms. The van der Waals surface area contributed by atoms with Crippen LogP contribution in [0.3, 0.4) is 0 Å². The topological polar surface area (TPSA) is 173 Å². The highest BCUT2D eigenvalue weighted by molar-refractivity contribution is 6.13. The number of dihydropyridines is 1. The molecule has 5 N–H and O–H groups in total. The second-order valence-electron chi connectivity index (χ2n) is 15.7. The van der Waals surface area contributed by atoms with E-state index in [1.165, 1.54) is 12.2 Å². The minimum Gasteiger partial charge on any atom is -0.506 e. The zero-order chi connectivity index (χ0) is 43.6. The summed E-state index contributed by atoms with van der Waals surface area (Å²) in [6.07, 6.45) is 6.90. The second-order valence-corrected chi connectivity index (χ2v) is 15.7. The number of hydrogen-bond donors (Lipinski definition) is 5. The molecule has 0 radical (unpaired) electrons. The Balaban J connectivity index is 0.823. The number of amides is 4. The lowest BCUT2D eigenvalue weighted by molar-refractivity contribution is -0.118. The fraction of sp³-hybridized carbons (Fsp3) is 0.286. The first kappa shape index (κ1) is 43.4. The quantitative estimate of drug-likeness (QED) is 0.0790. The molecule has 4 aromatic rings. The highest BCUT2D eigenvalue weighted by Crippen LogP contribution is 2.30. The highest BCUT2D eigenvalue weighted by Gasteiger charge is 2.31. The third kappa shape index (κ3) is 11.0. The van der Waals surface area contributed by atoms with Crippen molar-refractivity contribution in [3.63, 3.8) is 0 Å². The van der Waals surface area contributed by atoms with Crippen molar-refractivity contribution >= 4 is 46.6 Å². The number of benzene rings is 4. The molecule has 0 saturated carbocycles. The predicted octanol–water partition coefficient (Wildman–Crippen LogP) is 7.01. The van der Waals surface area contributed by atoms with Gasteiger partial charge >= 0.3 is 6.09 Å². The Hall–Kier alpha value is -6.67. The molecule has 13 nitrogen and oxygen atoms in total. The Bertz CT molecular complexity index is 2400. The molecule has 7 rings (SSSR count). The lowest BCUT2D eigenvalue weighted by Crippen LogP contribution is -2.40. The van der Waals surface area contributed by atoms with Crippen molar-refractivity contribution in [2.75, 3.05) is 55.3 Å². The van der Waals surface area contributed by atoms with Crippen LogP contribution in [0.2, 0.25) is 0 Å². The van der Waals surface area contributed by atoms with Gasteiger partial charge in [0.2, 0.25) is 5.91 Å². The van der Waals surface area contributed by atoms with E-state index in [2.05, 4.69) is 25.8 Å². The molecule has 2 heterocycles. The number of para-hydroxylation sites is 1. The fourth-order valence-electron chi connectivity index (χ4n) is 7.88. The lowest BCUT2D eigenvalue weighted by Gasteiger charge is -2.32. The number of carbonyl (C=O) groups excluding carboxylic acids is 4. The molecule has 0 aromatic heterocycles. The predicted molar refractivity (Wildman–Crippen MR) is 241 cm³/mol. The summed E-state index contributed by atoms with van der Waals surface area (Å²) >= 11 is 0. The summed E-state index contributed by atoms with van der Waals surface area (Å²) < 4.78 is 5.79. The molecule has 1 unspecified atom stereocenters. The van der Waals surface area contributed by atoms with E-state index >= 15 is 0 Å². The monoisotopic (exact) mass is 836 g/mol. The van der Waals surface area contributed by atoms with Gasteiger partial charge < -0.3 is 35.4 Å². The van der Waals surface area contributed by atoms with E-state index in [1.807, 2.05) is 91.9 Å². The molecule has 320 valence electrons. The first-order valence-electron chi connectivity index (χ1n) is 20.9. The molecule has 1 aliphatic carbocycles. The first-order valence-corrected chi connectivity index (χ1v) is 20.9. The zero-order valence-corrected chi connectivity index (χ0v) is 34.9. The minimum absolute atomic E-state index is 0.0637. The van der Waals surface area contributed by atoms with Crippen molar-refractivity contribution in [2.24, 2.45) is 10.9 Å². The summed E-state index contributed by atoms with van der Waals surface area (Å²) in [5, 5.41) is 30.1. The van der Waals surface area contributed by atoms with Gasteiger partial charge in [-0.1, -0.05) is 78.9 Å². The zero-order valence-electron chi connectivity index (χ0n) is 34.9. The summed E-state index contributed by atoms with van der Waals surface area (Å²) in [7, 11) is 1.73. The van der Waals surface area contributed by atoms with Crippen LogP contribution >= 0.6 is 0 Å². The van der Waals surface area contributed by atoms with Crippen molar-refractivity contribution in [1.29, 1.82) is 0 Å². The van der Waals surface area contributed by atoms with Gasteiger partial charge in [0.05, 0.1) is 17.5 Å². The molecule has 3 aliphatic rings. The van der Waals surface area contributed by atoms with Gasteiger partial charge in [0.1, 0.15) is 11.9 Å². The average Bonchev–Trinajstić information content (AvgIpc) is 3.28. The number of likely N-dealkylation sites (tertiary alicyclic amines) is 1. The first-order chi connectivity index (χ1) is 30.0. The van der Waals surface area contributed by atoms with E-state index in [9.17, 15) is 29.4 Å². The fourth-order valence-corrected chi connectivity index (χ4v) is 7.88. The number of carbonyl (C=O) groups is 4. The maximum absolute atomic E-state index is 13.4. The van der Waals surface area contributed by atoms with Crippen LogP contribution in [0, 0.1) is 12.8 Å². The van der Waals surface area contributed by atoms with Crippen LogP contribution in [0.15, 0.2) is 138 Å². The Morgan fingerprint density at radius 2 is 1.68 bits per heavy atom. The summed E-state index contributed by atoms with van der Waals surface area (Å²) in [4.78, 5) is 59.0. The molecule has 1 saturated heterocycles. The van der Waals surface area contributed by atoms with Crippen LogP contribution in [0.4, 0.5) is 21.9 Å². The highest BCUT2D eigenvalue weighted by atomic mass is 16.6. The minimum atomic E-state index is -0.834. The van der Waals surface area contributed by atoms with Gasteiger partial charge in [-0.15, -0.1) is 0 Å². The van der Waals surface area contributed by atoms with Crippen molar-refractivity contribution in [3.05, 3.63) is 149 Å². The lowest BCUT2D eigenvalue weighted by atomic mass is 9.84. The number of allylic oxidation sites excluding steroid dienone is 4. The number of piperidine rings is 1. The molecular formula is C49H52N6O7. The van der Waals surface area contributed by atoms with Crippen molar-refractivity contribution in [2.45, 2.75) is 44.8 Å². The van der Waals surface area contributed by atoms with Gasteiger partial charge in [-0.2, -0.15) is 0 Å². The molecule has 2 aliphatic heterocycles. The van der Waals surface area contributed by atoms with Crippen molar-refractivity contribution in [3.8, 4) is 11.1 Å². The SMILES string of the molecule is Cc1ccc(C(=O)Nc2ccc(CCNC[C@H](O)C3=CC=C(O)C4=NC(=O)C=CC34)cc2)cc1N(C)C(=O)CCN1CCC(OC(=O)Nc2ccccc2-c2ccccc2)CC1. The van der Waals surface area contributed by atoms with Crippen molar-refractivity contribution in [1.82, 2.24) is 10.2 Å². The number of fused-ring (bicyclic) bond motifs is 1. The number of aliphatic hydroxyl groups excluding tert-OH is 2. The number of aliphatic imine (C=N–C) groups is 1. The van der Waals surface area contributed by atoms with E-state index in [0.29, 0.717) is 80.1 Å². The molecule has 1 fully saturated rings. The van der Waals surface area contributed by atoms with Crippen molar-refractivity contribution < 1.29 is 34.1 Å². The molecule has 0 bridgehead atoms. The smallest absolute Gasteiger partial charge is 0.411 e. The average molecular weight is 837 g/mol. The maximum Gasteiger partial charge on any atom is 0.411 e. The number of aliphatic hydroxyl groups is 2. The Labute approximate surface area is 361 Å². The Morgan fingerprint density at radius 3 is 2.45 bits per heavy atom. The van der Waals surface area contributed by atoms with Crippen LogP contribution in [0.1, 0.15) is 40.7 Å². The normalized spacial score (nSPS) is 16.9. The van der Waals surface area contributed by atoms with Crippen LogP contribution in [0.5, 0.6) is 0 Å². The van der Waals surface area contributed by atoms with Crippen LogP contribution < -0.4 is 20.9 Å². The molecule has 2 atom stereocenters. The van der Waals surface area contributed by atoms with Gasteiger partial charge in [-0.25, -0.2) is 9.79 Å². The van der Waals surface area contributed by atoms with Crippen LogP contribution in [0.25, 0.3) is 11.1 Å². The molecule has 4 amide bonds. The van der Waals surface area contributed by atoms with E-state index in [0.717, 1.165) is 22.3 Å². The number of rotatable bonds is 15. The number of ether oxygens (including phenoxy) is 1. The molecule has 13 heteroatoms. The Morgan fingerprint density at radius 1 is 0.935 bits per heavy atom. The van der Waals surface area contributed by atoms with Gasteiger partial charge in [-0.3, -0.25) is 19.7 Å². The number of hydrogen-bond acceptors (Lipinski definition) is 9. The second kappa shape index (κ2) is 20.3. The number of nitrogens with one attached hydrogen (secondary N) is 3. The Kier molecular flexibility index (Phi) is 14.2. The van der Waals surface area contributed by atoms with Gasteiger partial charge in [0.25, 0.3) is 11.8 Å². The number of aryl methyl sites for hydroxylation is 1. The van der Waals surface area contributed by atoms with E-state index in [-0.39, 0.29) is 35.9 Å². The molecular weight excluding hydrogens is 785 g/mol. The van der Waals surface area contributed by atoms with E-state index in [1.54, 1.807) is 36.2 Å². The number of anilines is 3. The largest absolute Gasteiger partial charge is 0.506 e. The number of nitrogens with zero attached hydrogens (tertiary/aromatic N) is 3. The summed E-state index contributed by atoms with van der Waals surface area (Å²) in [5.74, 6) is -1.31. The maximum atomic E-state index is 13.4. The molecule has 0 spiro atoms. The van der Waals surface area contributed by atoms with Crippen LogP contribution in [-0.4, -0.2) is 96.6 Å². The van der Waals surface area contributed by atoms with E-state index in [4.69, 9.17) is 4.74 Å².